The van der Waals surface area contributed by atoms with Crippen LogP contribution in [0.1, 0.15) is 15.9 Å². The van der Waals surface area contributed by atoms with Crippen LogP contribution in [0.2, 0.25) is 0 Å². The highest BCUT2D eigenvalue weighted by Crippen LogP contribution is 2.40. The molecule has 23 heavy (non-hydrogen) atoms. The van der Waals surface area contributed by atoms with E-state index in [9.17, 15) is 14.7 Å². The van der Waals surface area contributed by atoms with Crippen LogP contribution in [-0.2, 0) is 4.79 Å². The van der Waals surface area contributed by atoms with Crippen LogP contribution in [0.4, 0.5) is 0 Å². The first-order chi connectivity index (χ1) is 11.1. The van der Waals surface area contributed by atoms with E-state index in [1.165, 1.54) is 11.3 Å². The van der Waals surface area contributed by atoms with Gasteiger partial charge in [-0.3, -0.25) is 9.59 Å². The van der Waals surface area contributed by atoms with Crippen LogP contribution in [0.3, 0.4) is 0 Å². The topological polar surface area (TPSA) is 67.3 Å². The van der Waals surface area contributed by atoms with Gasteiger partial charge in [-0.05, 0) is 12.1 Å². The lowest BCUT2D eigenvalue weighted by atomic mass is 9.94. The van der Waals surface area contributed by atoms with Crippen molar-refractivity contribution in [2.75, 3.05) is 0 Å². The molecule has 0 atom stereocenters. The summed E-state index contributed by atoms with van der Waals surface area (Å²) in [6.07, 6.45) is 0. The molecule has 1 aromatic heterocycles. The van der Waals surface area contributed by atoms with Crippen LogP contribution in [-0.4, -0.2) is 21.7 Å². The molecule has 3 aromatic rings. The van der Waals surface area contributed by atoms with Crippen LogP contribution in [0, 0.1) is 0 Å². The maximum Gasteiger partial charge on any atom is 0.244 e. The number of aliphatic hydroxyl groups is 1. The molecule has 1 heterocycles. The standard InChI is InChI=1S/C17H9NO3S2/c19-13-9-5-1-2-6-10(9)14(20)16(15(13)21)23-17-18-11-7-3-4-8-12(11)22-17/h1-8,20H. The molecular formula is C17H9NO3S2. The summed E-state index contributed by atoms with van der Waals surface area (Å²) in [7, 11) is 0. The van der Waals surface area contributed by atoms with Gasteiger partial charge in [-0.2, -0.15) is 0 Å². The van der Waals surface area contributed by atoms with Gasteiger partial charge in [0.05, 0.1) is 10.2 Å². The number of rotatable bonds is 2. The Balaban J connectivity index is 1.81. The SMILES string of the molecule is O=C1C(=O)c2ccccc2C(O)=C1Sc1nc2ccccc2s1. The van der Waals surface area contributed by atoms with Gasteiger partial charge in [0.15, 0.2) is 4.34 Å². The predicted molar refractivity (Wildman–Crippen MR) is 90.8 cm³/mol. The third-order valence-corrected chi connectivity index (χ3v) is 5.70. The van der Waals surface area contributed by atoms with Gasteiger partial charge < -0.3 is 5.11 Å². The van der Waals surface area contributed by atoms with Crippen molar-refractivity contribution in [1.82, 2.24) is 4.98 Å². The van der Waals surface area contributed by atoms with Crippen LogP contribution in [0.5, 0.6) is 0 Å². The fraction of sp³-hybridized carbons (Fsp3) is 0. The molecule has 0 spiro atoms. The molecule has 0 radical (unpaired) electrons. The molecule has 4 nitrogen and oxygen atoms in total. The molecular weight excluding hydrogens is 330 g/mol. The highest BCUT2D eigenvalue weighted by molar-refractivity contribution is 8.06. The van der Waals surface area contributed by atoms with Gasteiger partial charge in [-0.25, -0.2) is 4.98 Å². The van der Waals surface area contributed by atoms with Gasteiger partial charge in [0.1, 0.15) is 10.7 Å². The lowest BCUT2D eigenvalue weighted by molar-refractivity contribution is -0.111. The third-order valence-electron chi connectivity index (χ3n) is 3.52. The molecule has 1 aliphatic rings. The number of thioether (sulfide) groups is 1. The number of thiazole rings is 1. The highest BCUT2D eigenvalue weighted by Gasteiger charge is 2.33. The molecule has 2 aromatic carbocycles. The number of carbonyl (C=O) groups is 2. The molecule has 112 valence electrons. The number of hydrogen-bond acceptors (Lipinski definition) is 6. The lowest BCUT2D eigenvalue weighted by Crippen LogP contribution is -2.22. The minimum atomic E-state index is -0.689. The number of fused-ring (bicyclic) bond motifs is 2. The predicted octanol–water partition coefficient (Wildman–Crippen LogP) is 4.08. The summed E-state index contributed by atoms with van der Waals surface area (Å²) in [6.45, 7) is 0. The fourth-order valence-electron chi connectivity index (χ4n) is 2.42. The number of aromatic nitrogens is 1. The first kappa shape index (κ1) is 14.2. The Bertz CT molecular complexity index is 971. The number of aliphatic hydroxyl groups excluding tert-OH is 1. The minimum absolute atomic E-state index is 0.0350. The van der Waals surface area contributed by atoms with Crippen molar-refractivity contribution in [3.63, 3.8) is 0 Å². The smallest absolute Gasteiger partial charge is 0.244 e. The van der Waals surface area contributed by atoms with E-state index in [1.54, 1.807) is 24.3 Å². The molecule has 0 bridgehead atoms. The molecule has 0 aliphatic heterocycles. The average Bonchev–Trinajstić information content (AvgIpc) is 2.99. The van der Waals surface area contributed by atoms with E-state index in [1.807, 2.05) is 24.3 Å². The van der Waals surface area contributed by atoms with E-state index >= 15 is 0 Å². The van der Waals surface area contributed by atoms with Gasteiger partial charge in [0, 0.05) is 11.1 Å². The Morgan fingerprint density at radius 2 is 1.61 bits per heavy atom. The molecule has 6 heteroatoms. The molecule has 0 fully saturated rings. The summed E-state index contributed by atoms with van der Waals surface area (Å²) in [5.41, 5.74) is 1.46. The zero-order chi connectivity index (χ0) is 16.0. The third kappa shape index (κ3) is 2.27. The molecule has 1 aliphatic carbocycles. The van der Waals surface area contributed by atoms with E-state index in [0.717, 1.165) is 22.0 Å². The largest absolute Gasteiger partial charge is 0.506 e. The fourth-order valence-corrected chi connectivity index (χ4v) is 4.51. The van der Waals surface area contributed by atoms with Gasteiger partial charge in [0.2, 0.25) is 11.6 Å². The summed E-state index contributed by atoms with van der Waals surface area (Å²) in [5, 5.41) is 10.4. The maximum atomic E-state index is 12.3. The van der Waals surface area contributed by atoms with Gasteiger partial charge in [-0.15, -0.1) is 11.3 Å². The molecule has 0 amide bonds. The number of ketones is 2. The molecule has 0 unspecified atom stereocenters. The Hall–Kier alpha value is -2.44. The Labute approximate surface area is 139 Å². The quantitative estimate of drug-likeness (QED) is 0.713. The first-order valence-electron chi connectivity index (χ1n) is 6.80. The number of hydrogen-bond donors (Lipinski definition) is 1. The van der Waals surface area contributed by atoms with Crippen molar-refractivity contribution in [3.8, 4) is 0 Å². The molecule has 1 N–H and O–H groups in total. The number of benzene rings is 2. The van der Waals surface area contributed by atoms with Crippen LogP contribution >= 0.6 is 23.1 Å². The Kier molecular flexibility index (Phi) is 3.28. The second-order valence-corrected chi connectivity index (χ2v) is 7.22. The van der Waals surface area contributed by atoms with Crippen LogP contribution < -0.4 is 0 Å². The van der Waals surface area contributed by atoms with Crippen molar-refractivity contribution in [1.29, 1.82) is 0 Å². The summed E-state index contributed by atoms with van der Waals surface area (Å²) < 4.78 is 1.61. The van der Waals surface area contributed by atoms with E-state index in [4.69, 9.17) is 0 Å². The summed E-state index contributed by atoms with van der Waals surface area (Å²) in [5.74, 6) is -1.44. The van der Waals surface area contributed by atoms with E-state index in [2.05, 4.69) is 4.98 Å². The Morgan fingerprint density at radius 1 is 0.913 bits per heavy atom. The van der Waals surface area contributed by atoms with E-state index < -0.39 is 11.6 Å². The minimum Gasteiger partial charge on any atom is -0.506 e. The van der Waals surface area contributed by atoms with Crippen LogP contribution in [0.25, 0.3) is 16.0 Å². The van der Waals surface area contributed by atoms with Gasteiger partial charge >= 0.3 is 0 Å². The second kappa shape index (κ2) is 5.33. The number of Topliss-reactive ketones (excluding diaryl/α,β-unsaturated/α-hetero) is 2. The van der Waals surface area contributed by atoms with Gasteiger partial charge in [0.25, 0.3) is 0 Å². The normalized spacial score (nSPS) is 14.4. The monoisotopic (exact) mass is 339 g/mol. The number of allylic oxidation sites excluding steroid dienone is 1. The van der Waals surface area contributed by atoms with E-state index in [0.29, 0.717) is 9.90 Å². The Morgan fingerprint density at radius 3 is 2.39 bits per heavy atom. The first-order valence-corrected chi connectivity index (χ1v) is 8.43. The molecule has 0 saturated carbocycles. The van der Waals surface area contributed by atoms with Crippen molar-refractivity contribution in [3.05, 3.63) is 64.6 Å². The van der Waals surface area contributed by atoms with Gasteiger partial charge in [-0.1, -0.05) is 48.2 Å². The summed E-state index contributed by atoms with van der Waals surface area (Å²) in [4.78, 5) is 29.0. The van der Waals surface area contributed by atoms with Crippen LogP contribution in [0.15, 0.2) is 57.8 Å². The maximum absolute atomic E-state index is 12.3. The molecule has 4 rings (SSSR count). The van der Waals surface area contributed by atoms with Crippen molar-refractivity contribution in [2.45, 2.75) is 4.34 Å². The van der Waals surface area contributed by atoms with E-state index in [-0.39, 0.29) is 16.2 Å². The zero-order valence-corrected chi connectivity index (χ0v) is 13.3. The molecule has 0 saturated heterocycles. The second-order valence-electron chi connectivity index (χ2n) is 4.93. The summed E-state index contributed by atoms with van der Waals surface area (Å²) in [6, 6.07) is 14.2. The number of carbonyl (C=O) groups excluding carboxylic acids is 2. The number of nitrogens with zero attached hydrogens (tertiary/aromatic N) is 1. The summed E-state index contributed by atoms with van der Waals surface area (Å²) >= 11 is 2.46. The van der Waals surface area contributed by atoms with Crippen molar-refractivity contribution < 1.29 is 14.7 Å². The highest BCUT2D eigenvalue weighted by atomic mass is 32.2. The average molecular weight is 339 g/mol. The lowest BCUT2D eigenvalue weighted by Gasteiger charge is -2.16. The number of para-hydroxylation sites is 1. The van der Waals surface area contributed by atoms with Crippen molar-refractivity contribution in [2.24, 2.45) is 0 Å². The van der Waals surface area contributed by atoms with Crippen molar-refractivity contribution >= 4 is 50.6 Å². The zero-order valence-electron chi connectivity index (χ0n) is 11.6.